The summed E-state index contributed by atoms with van der Waals surface area (Å²) in [4.78, 5) is 16.9. The number of fused-ring (bicyclic) bond motifs is 1. The zero-order chi connectivity index (χ0) is 19.7. The third-order valence-electron chi connectivity index (χ3n) is 5.68. The van der Waals surface area contributed by atoms with Crippen LogP contribution in [0.5, 0.6) is 5.75 Å². The molecule has 1 saturated carbocycles. The molecule has 3 aromatic rings. The number of nitrogens with one attached hydrogen (secondary N) is 1. The van der Waals surface area contributed by atoms with E-state index in [-0.39, 0.29) is 18.1 Å². The van der Waals surface area contributed by atoms with Gasteiger partial charge in [0.1, 0.15) is 5.75 Å². The third-order valence-corrected chi connectivity index (χ3v) is 5.68. The van der Waals surface area contributed by atoms with E-state index in [2.05, 4.69) is 15.4 Å². The Morgan fingerprint density at radius 3 is 2.68 bits per heavy atom. The van der Waals surface area contributed by atoms with Gasteiger partial charge >= 0.3 is 0 Å². The molecule has 1 aromatic carbocycles. The van der Waals surface area contributed by atoms with Crippen molar-refractivity contribution in [2.45, 2.75) is 51.7 Å². The molecule has 0 bridgehead atoms. The SMILES string of the molecule is Cc1nn(C)c(C)c1C(=O)NC1CCC(Oc2cccc3cnccc23)CC1. The standard InChI is InChI=1S/C22H26N4O2/c1-14-21(15(2)26(3)25-14)22(27)24-17-7-9-18(10-8-17)28-20-6-4-5-16-13-23-12-11-19(16)20/h4-6,11-13,17-18H,7-10H2,1-3H3,(H,24,27). The lowest BCUT2D eigenvalue weighted by molar-refractivity contribution is 0.0893. The number of benzene rings is 1. The van der Waals surface area contributed by atoms with E-state index in [4.69, 9.17) is 4.74 Å². The van der Waals surface area contributed by atoms with Gasteiger partial charge in [0.25, 0.3) is 5.91 Å². The van der Waals surface area contributed by atoms with Gasteiger partial charge in [0.15, 0.2) is 0 Å². The van der Waals surface area contributed by atoms with Gasteiger partial charge in [0, 0.05) is 41.9 Å². The molecule has 0 unspecified atom stereocenters. The predicted octanol–water partition coefficient (Wildman–Crippen LogP) is 3.71. The van der Waals surface area contributed by atoms with Gasteiger partial charge in [-0.15, -0.1) is 0 Å². The second-order valence-corrected chi connectivity index (χ2v) is 7.59. The van der Waals surface area contributed by atoms with Crippen LogP contribution in [0.1, 0.15) is 47.4 Å². The normalized spacial score (nSPS) is 19.5. The van der Waals surface area contributed by atoms with Crippen molar-refractivity contribution < 1.29 is 9.53 Å². The summed E-state index contributed by atoms with van der Waals surface area (Å²) in [6.07, 6.45) is 7.52. The highest BCUT2D eigenvalue weighted by Gasteiger charge is 2.26. The number of ether oxygens (including phenoxy) is 1. The molecule has 28 heavy (non-hydrogen) atoms. The lowest BCUT2D eigenvalue weighted by Gasteiger charge is -2.30. The number of aryl methyl sites for hydroxylation is 2. The molecular weight excluding hydrogens is 352 g/mol. The van der Waals surface area contributed by atoms with Crippen molar-refractivity contribution in [2.24, 2.45) is 7.05 Å². The van der Waals surface area contributed by atoms with E-state index in [0.29, 0.717) is 5.56 Å². The Hall–Kier alpha value is -2.89. The Morgan fingerprint density at radius 1 is 1.18 bits per heavy atom. The molecule has 0 spiro atoms. The number of hydrogen-bond acceptors (Lipinski definition) is 4. The first-order chi connectivity index (χ1) is 13.5. The number of amides is 1. The summed E-state index contributed by atoms with van der Waals surface area (Å²) in [6, 6.07) is 8.25. The van der Waals surface area contributed by atoms with Gasteiger partial charge in [0.2, 0.25) is 0 Å². The molecule has 0 atom stereocenters. The Labute approximate surface area is 164 Å². The molecule has 2 heterocycles. The van der Waals surface area contributed by atoms with E-state index in [1.165, 1.54) is 0 Å². The quantitative estimate of drug-likeness (QED) is 0.751. The summed E-state index contributed by atoms with van der Waals surface area (Å²) in [7, 11) is 1.87. The van der Waals surface area contributed by atoms with Crippen LogP contribution >= 0.6 is 0 Å². The van der Waals surface area contributed by atoms with Gasteiger partial charge in [0.05, 0.1) is 17.4 Å². The molecule has 4 rings (SSSR count). The monoisotopic (exact) mass is 378 g/mol. The fraction of sp³-hybridized carbons (Fsp3) is 0.409. The molecule has 1 aliphatic carbocycles. The number of carbonyl (C=O) groups excluding carboxylic acids is 1. The Bertz CT molecular complexity index is 998. The van der Waals surface area contributed by atoms with Crippen LogP contribution in [0.3, 0.4) is 0 Å². The number of rotatable bonds is 4. The average Bonchev–Trinajstić information content (AvgIpc) is 2.95. The largest absolute Gasteiger partial charge is 0.490 e. The summed E-state index contributed by atoms with van der Waals surface area (Å²) in [6.45, 7) is 3.81. The average molecular weight is 378 g/mol. The van der Waals surface area contributed by atoms with Gasteiger partial charge < -0.3 is 10.1 Å². The van der Waals surface area contributed by atoms with Gasteiger partial charge in [-0.2, -0.15) is 5.10 Å². The van der Waals surface area contributed by atoms with Crippen molar-refractivity contribution in [3.63, 3.8) is 0 Å². The van der Waals surface area contributed by atoms with Crippen LogP contribution in [-0.4, -0.2) is 32.8 Å². The lowest BCUT2D eigenvalue weighted by Crippen LogP contribution is -2.40. The van der Waals surface area contributed by atoms with Gasteiger partial charge in [-0.1, -0.05) is 12.1 Å². The van der Waals surface area contributed by atoms with E-state index in [1.54, 1.807) is 10.9 Å². The highest BCUT2D eigenvalue weighted by Crippen LogP contribution is 2.29. The first-order valence-electron chi connectivity index (χ1n) is 9.83. The first kappa shape index (κ1) is 18.5. The van der Waals surface area contributed by atoms with Crippen molar-refractivity contribution in [1.82, 2.24) is 20.1 Å². The highest BCUT2D eigenvalue weighted by atomic mass is 16.5. The van der Waals surface area contributed by atoms with Crippen molar-refractivity contribution >= 4 is 16.7 Å². The molecule has 6 heteroatoms. The zero-order valence-corrected chi connectivity index (χ0v) is 16.6. The molecule has 2 aromatic heterocycles. The van der Waals surface area contributed by atoms with E-state index in [9.17, 15) is 4.79 Å². The topological polar surface area (TPSA) is 69.0 Å². The summed E-state index contributed by atoms with van der Waals surface area (Å²) in [5, 5.41) is 9.71. The van der Waals surface area contributed by atoms with E-state index >= 15 is 0 Å². The summed E-state index contributed by atoms with van der Waals surface area (Å²) >= 11 is 0. The second kappa shape index (κ2) is 7.62. The molecule has 0 radical (unpaired) electrons. The van der Waals surface area contributed by atoms with Gasteiger partial charge in [-0.25, -0.2) is 0 Å². The van der Waals surface area contributed by atoms with E-state index in [0.717, 1.165) is 53.6 Å². The molecule has 1 amide bonds. The molecule has 1 fully saturated rings. The number of hydrogen-bond donors (Lipinski definition) is 1. The third kappa shape index (κ3) is 3.59. The van der Waals surface area contributed by atoms with Gasteiger partial charge in [-0.05, 0) is 51.7 Å². The Balaban J connectivity index is 1.36. The molecule has 0 aliphatic heterocycles. The molecule has 1 aliphatic rings. The number of pyridine rings is 1. The van der Waals surface area contributed by atoms with Crippen LogP contribution in [0.15, 0.2) is 36.7 Å². The Kier molecular flexibility index (Phi) is 5.03. The molecule has 0 saturated heterocycles. The minimum Gasteiger partial charge on any atom is -0.490 e. The maximum Gasteiger partial charge on any atom is 0.255 e. The van der Waals surface area contributed by atoms with Crippen LogP contribution in [-0.2, 0) is 7.05 Å². The number of nitrogens with zero attached hydrogens (tertiary/aromatic N) is 3. The smallest absolute Gasteiger partial charge is 0.255 e. The van der Waals surface area contributed by atoms with Gasteiger partial charge in [-0.3, -0.25) is 14.5 Å². The maximum absolute atomic E-state index is 12.7. The number of carbonyl (C=O) groups is 1. The second-order valence-electron chi connectivity index (χ2n) is 7.59. The highest BCUT2D eigenvalue weighted by molar-refractivity contribution is 5.96. The Morgan fingerprint density at radius 2 is 1.96 bits per heavy atom. The van der Waals surface area contributed by atoms with Crippen LogP contribution in [0.2, 0.25) is 0 Å². The van der Waals surface area contributed by atoms with E-state index < -0.39 is 0 Å². The van der Waals surface area contributed by atoms with Crippen molar-refractivity contribution in [3.05, 3.63) is 53.6 Å². The fourth-order valence-electron chi connectivity index (χ4n) is 4.06. The summed E-state index contributed by atoms with van der Waals surface area (Å²) in [5.41, 5.74) is 2.38. The minimum atomic E-state index is -0.0194. The first-order valence-corrected chi connectivity index (χ1v) is 9.83. The fourth-order valence-corrected chi connectivity index (χ4v) is 4.06. The lowest BCUT2D eigenvalue weighted by atomic mass is 9.92. The minimum absolute atomic E-state index is 0.0194. The van der Waals surface area contributed by atoms with Crippen molar-refractivity contribution in [2.75, 3.05) is 0 Å². The molecular formula is C22H26N4O2. The predicted molar refractivity (Wildman–Crippen MR) is 109 cm³/mol. The maximum atomic E-state index is 12.7. The van der Waals surface area contributed by atoms with Crippen LogP contribution in [0.25, 0.3) is 10.8 Å². The molecule has 146 valence electrons. The van der Waals surface area contributed by atoms with Crippen molar-refractivity contribution in [3.8, 4) is 5.75 Å². The van der Waals surface area contributed by atoms with Crippen molar-refractivity contribution in [1.29, 1.82) is 0 Å². The van der Waals surface area contributed by atoms with E-state index in [1.807, 2.05) is 51.4 Å². The van der Waals surface area contributed by atoms with Crippen LogP contribution in [0.4, 0.5) is 0 Å². The summed E-state index contributed by atoms with van der Waals surface area (Å²) in [5.74, 6) is 0.892. The summed E-state index contributed by atoms with van der Waals surface area (Å²) < 4.78 is 8.05. The molecule has 1 N–H and O–H groups in total. The van der Waals surface area contributed by atoms with Crippen LogP contribution in [0, 0.1) is 13.8 Å². The molecule has 6 nitrogen and oxygen atoms in total. The van der Waals surface area contributed by atoms with Crippen LogP contribution < -0.4 is 10.1 Å². The zero-order valence-electron chi connectivity index (χ0n) is 16.6. The number of aromatic nitrogens is 3.